The lowest BCUT2D eigenvalue weighted by atomic mass is 10.1. The molecule has 0 aliphatic rings. The summed E-state index contributed by atoms with van der Waals surface area (Å²) in [7, 11) is 3.53. The standard InChI is InChI=1S/C31H42N2O4/c1-4-5-20-32(2)30(34)17-13-8-6-7-9-14-21-37-31(35)28-24-33(23-25-15-11-10-12-16-25)29-19-18-26(36-3)22-27(28)29/h10-12,15-16,18-19,22,24H,4-9,13-14,17,20-21,23H2,1-3H3. The predicted molar refractivity (Wildman–Crippen MR) is 149 cm³/mol. The van der Waals surface area contributed by atoms with Crippen LogP contribution in [0.4, 0.5) is 0 Å². The highest BCUT2D eigenvalue weighted by Crippen LogP contribution is 2.27. The summed E-state index contributed by atoms with van der Waals surface area (Å²) in [6, 6.07) is 16.0. The number of hydrogen-bond donors (Lipinski definition) is 0. The van der Waals surface area contributed by atoms with Crippen LogP contribution in [0.3, 0.4) is 0 Å². The fraction of sp³-hybridized carbons (Fsp3) is 0.484. The topological polar surface area (TPSA) is 60.8 Å². The normalized spacial score (nSPS) is 11.0. The molecular weight excluding hydrogens is 464 g/mol. The smallest absolute Gasteiger partial charge is 0.340 e. The number of esters is 1. The summed E-state index contributed by atoms with van der Waals surface area (Å²) in [5.41, 5.74) is 2.72. The van der Waals surface area contributed by atoms with E-state index in [1.807, 2.05) is 54.5 Å². The lowest BCUT2D eigenvalue weighted by molar-refractivity contribution is -0.130. The summed E-state index contributed by atoms with van der Waals surface area (Å²) in [6.07, 6.45) is 10.8. The summed E-state index contributed by atoms with van der Waals surface area (Å²) in [4.78, 5) is 26.9. The third kappa shape index (κ3) is 8.66. The van der Waals surface area contributed by atoms with E-state index >= 15 is 0 Å². The number of methoxy groups -OCH3 is 1. The van der Waals surface area contributed by atoms with Gasteiger partial charge in [-0.15, -0.1) is 0 Å². The fourth-order valence-electron chi connectivity index (χ4n) is 4.52. The SMILES string of the molecule is CCCCN(C)C(=O)CCCCCCCCOC(=O)c1cn(Cc2ccccc2)c2ccc(OC)cc12. The minimum Gasteiger partial charge on any atom is -0.497 e. The average Bonchev–Trinajstić information content (AvgIpc) is 3.28. The van der Waals surface area contributed by atoms with Crippen molar-refractivity contribution in [3.8, 4) is 5.75 Å². The van der Waals surface area contributed by atoms with E-state index in [0.717, 1.165) is 68.8 Å². The largest absolute Gasteiger partial charge is 0.497 e. The van der Waals surface area contributed by atoms with Crippen LogP contribution in [0, 0.1) is 0 Å². The number of carbonyl (C=O) groups excluding carboxylic acids is 2. The first-order valence-corrected chi connectivity index (χ1v) is 13.7. The summed E-state index contributed by atoms with van der Waals surface area (Å²) < 4.78 is 13.1. The highest BCUT2D eigenvalue weighted by atomic mass is 16.5. The predicted octanol–water partition coefficient (Wildman–Crippen LogP) is 6.84. The van der Waals surface area contributed by atoms with Crippen LogP contribution in [0.2, 0.25) is 0 Å². The van der Waals surface area contributed by atoms with E-state index in [2.05, 4.69) is 23.6 Å². The van der Waals surface area contributed by atoms with Crippen LogP contribution in [0.1, 0.15) is 80.6 Å². The Hall–Kier alpha value is -3.28. The molecule has 1 aromatic heterocycles. The van der Waals surface area contributed by atoms with Crippen molar-refractivity contribution in [1.82, 2.24) is 9.47 Å². The third-order valence-corrected chi connectivity index (χ3v) is 6.79. The number of hydrogen-bond acceptors (Lipinski definition) is 4. The van der Waals surface area contributed by atoms with Gasteiger partial charge in [0.15, 0.2) is 0 Å². The van der Waals surface area contributed by atoms with Crippen molar-refractivity contribution in [2.24, 2.45) is 0 Å². The Bertz CT molecular complexity index is 1120. The van der Waals surface area contributed by atoms with Gasteiger partial charge in [-0.05, 0) is 43.0 Å². The van der Waals surface area contributed by atoms with Crippen molar-refractivity contribution in [2.45, 2.75) is 71.3 Å². The molecule has 0 fully saturated rings. The number of aromatic nitrogens is 1. The number of benzene rings is 2. The van der Waals surface area contributed by atoms with Gasteiger partial charge in [-0.1, -0.05) is 69.4 Å². The van der Waals surface area contributed by atoms with Gasteiger partial charge < -0.3 is 18.9 Å². The summed E-state index contributed by atoms with van der Waals surface area (Å²) >= 11 is 0. The zero-order valence-electron chi connectivity index (χ0n) is 22.7. The lowest BCUT2D eigenvalue weighted by Crippen LogP contribution is -2.27. The van der Waals surface area contributed by atoms with Gasteiger partial charge in [0.05, 0.1) is 19.3 Å². The van der Waals surface area contributed by atoms with Gasteiger partial charge in [-0.3, -0.25) is 4.79 Å². The second-order valence-electron chi connectivity index (χ2n) is 9.72. The Morgan fingerprint density at radius 2 is 1.65 bits per heavy atom. The molecule has 0 saturated heterocycles. The molecule has 1 amide bonds. The van der Waals surface area contributed by atoms with Crippen molar-refractivity contribution < 1.29 is 19.1 Å². The van der Waals surface area contributed by atoms with E-state index in [0.29, 0.717) is 30.9 Å². The van der Waals surface area contributed by atoms with Gasteiger partial charge in [-0.2, -0.15) is 0 Å². The molecule has 0 saturated carbocycles. The summed E-state index contributed by atoms with van der Waals surface area (Å²) in [6.45, 7) is 4.09. The molecule has 0 N–H and O–H groups in total. The van der Waals surface area contributed by atoms with E-state index in [1.54, 1.807) is 7.11 Å². The zero-order chi connectivity index (χ0) is 26.5. The Kier molecular flexibility index (Phi) is 11.5. The van der Waals surface area contributed by atoms with E-state index in [4.69, 9.17) is 9.47 Å². The molecule has 0 atom stereocenters. The quantitative estimate of drug-likeness (QED) is 0.158. The number of rotatable bonds is 16. The van der Waals surface area contributed by atoms with E-state index in [9.17, 15) is 9.59 Å². The first-order chi connectivity index (χ1) is 18.0. The van der Waals surface area contributed by atoms with Crippen LogP contribution >= 0.6 is 0 Å². The van der Waals surface area contributed by atoms with Crippen molar-refractivity contribution in [3.05, 3.63) is 65.9 Å². The van der Waals surface area contributed by atoms with E-state index in [1.165, 1.54) is 5.56 Å². The van der Waals surface area contributed by atoms with Gasteiger partial charge in [0.2, 0.25) is 5.91 Å². The molecule has 0 spiro atoms. The molecule has 0 radical (unpaired) electrons. The first-order valence-electron chi connectivity index (χ1n) is 13.7. The Morgan fingerprint density at radius 3 is 2.38 bits per heavy atom. The molecule has 1 heterocycles. The Balaban J connectivity index is 1.42. The molecule has 0 aliphatic carbocycles. The molecule has 37 heavy (non-hydrogen) atoms. The fourth-order valence-corrected chi connectivity index (χ4v) is 4.52. The molecular formula is C31H42N2O4. The monoisotopic (exact) mass is 506 g/mol. The van der Waals surface area contributed by atoms with Crippen molar-refractivity contribution >= 4 is 22.8 Å². The maximum Gasteiger partial charge on any atom is 0.340 e. The number of nitrogens with zero attached hydrogens (tertiary/aromatic N) is 2. The molecule has 3 rings (SSSR count). The van der Waals surface area contributed by atoms with Crippen LogP contribution in [-0.2, 0) is 16.1 Å². The van der Waals surface area contributed by atoms with Gasteiger partial charge >= 0.3 is 5.97 Å². The van der Waals surface area contributed by atoms with Crippen molar-refractivity contribution in [2.75, 3.05) is 27.3 Å². The maximum atomic E-state index is 13.0. The molecule has 2 aromatic carbocycles. The van der Waals surface area contributed by atoms with Gasteiger partial charge in [0, 0.05) is 43.7 Å². The van der Waals surface area contributed by atoms with Crippen LogP contribution in [0.5, 0.6) is 5.75 Å². The van der Waals surface area contributed by atoms with Crippen LogP contribution < -0.4 is 4.74 Å². The Morgan fingerprint density at radius 1 is 0.919 bits per heavy atom. The zero-order valence-corrected chi connectivity index (χ0v) is 22.7. The molecule has 0 bridgehead atoms. The minimum atomic E-state index is -0.296. The average molecular weight is 507 g/mol. The minimum absolute atomic E-state index is 0.253. The first kappa shape index (κ1) is 28.3. The maximum absolute atomic E-state index is 13.0. The molecule has 6 heteroatoms. The molecule has 200 valence electrons. The number of fused-ring (bicyclic) bond motifs is 1. The second-order valence-corrected chi connectivity index (χ2v) is 9.72. The van der Waals surface area contributed by atoms with Crippen molar-refractivity contribution in [1.29, 1.82) is 0 Å². The highest BCUT2D eigenvalue weighted by Gasteiger charge is 2.17. The number of amides is 1. The molecule has 0 aliphatic heterocycles. The van der Waals surface area contributed by atoms with Gasteiger partial charge in [-0.25, -0.2) is 4.79 Å². The number of ether oxygens (including phenoxy) is 2. The molecule has 3 aromatic rings. The second kappa shape index (κ2) is 15.1. The third-order valence-electron chi connectivity index (χ3n) is 6.79. The highest BCUT2D eigenvalue weighted by molar-refractivity contribution is 6.04. The van der Waals surface area contributed by atoms with Crippen LogP contribution in [0.15, 0.2) is 54.7 Å². The Labute approximate surface area is 221 Å². The van der Waals surface area contributed by atoms with Crippen LogP contribution in [-0.4, -0.2) is 48.7 Å². The van der Waals surface area contributed by atoms with E-state index < -0.39 is 0 Å². The van der Waals surface area contributed by atoms with Gasteiger partial charge in [0.1, 0.15) is 5.75 Å². The van der Waals surface area contributed by atoms with Crippen LogP contribution in [0.25, 0.3) is 10.9 Å². The van der Waals surface area contributed by atoms with Gasteiger partial charge in [0.25, 0.3) is 0 Å². The lowest BCUT2D eigenvalue weighted by Gasteiger charge is -2.16. The molecule has 6 nitrogen and oxygen atoms in total. The van der Waals surface area contributed by atoms with E-state index in [-0.39, 0.29) is 11.9 Å². The number of carbonyl (C=O) groups is 2. The summed E-state index contributed by atoms with van der Waals surface area (Å²) in [5, 5.41) is 0.843. The summed E-state index contributed by atoms with van der Waals surface area (Å²) in [5.74, 6) is 0.673. The number of unbranched alkanes of at least 4 members (excludes halogenated alkanes) is 6. The van der Waals surface area contributed by atoms with Crippen molar-refractivity contribution in [3.63, 3.8) is 0 Å². The molecule has 0 unspecified atom stereocenters.